The van der Waals surface area contributed by atoms with Crippen molar-refractivity contribution in [3.8, 4) is 0 Å². The molecule has 1 aliphatic rings. The van der Waals surface area contributed by atoms with Crippen molar-refractivity contribution in [1.82, 2.24) is 0 Å². The first-order chi connectivity index (χ1) is 6.75. The number of hydrogen-bond acceptors (Lipinski definition) is 1. The summed E-state index contributed by atoms with van der Waals surface area (Å²) in [7, 11) is 0. The van der Waals surface area contributed by atoms with Gasteiger partial charge in [-0.15, -0.1) is 0 Å². The molecule has 1 aromatic rings. The van der Waals surface area contributed by atoms with Crippen molar-refractivity contribution in [2.24, 2.45) is 5.92 Å². The van der Waals surface area contributed by atoms with Crippen LogP contribution >= 0.6 is 0 Å². The average molecular weight is 193 g/mol. The van der Waals surface area contributed by atoms with Crippen LogP contribution in [0, 0.1) is 11.7 Å². The van der Waals surface area contributed by atoms with Crippen LogP contribution in [0.2, 0.25) is 0 Å². The lowest BCUT2D eigenvalue weighted by Gasteiger charge is -2.02. The third-order valence-corrected chi connectivity index (χ3v) is 2.84. The Bertz CT molecular complexity index is 318. The molecule has 2 rings (SSSR count). The lowest BCUT2D eigenvalue weighted by molar-refractivity contribution is 0.625. The van der Waals surface area contributed by atoms with Crippen molar-refractivity contribution < 1.29 is 4.39 Å². The quantitative estimate of drug-likeness (QED) is 0.730. The number of anilines is 1. The van der Waals surface area contributed by atoms with Gasteiger partial charge in [-0.05, 0) is 36.5 Å². The minimum absolute atomic E-state index is 0.246. The molecule has 0 radical (unpaired) electrons. The molecule has 0 amide bonds. The highest BCUT2D eigenvalue weighted by atomic mass is 19.1. The van der Waals surface area contributed by atoms with Gasteiger partial charge in [-0.3, -0.25) is 0 Å². The van der Waals surface area contributed by atoms with Gasteiger partial charge in [-0.25, -0.2) is 4.39 Å². The van der Waals surface area contributed by atoms with E-state index in [-0.39, 0.29) is 11.5 Å². The standard InChI is InChI=1S/C12H16FN/c13-11-8-10(6-7-12(11)14)3-1-2-9-4-5-9/h6-9H,1-5,14H2. The molecule has 0 aromatic heterocycles. The highest BCUT2D eigenvalue weighted by molar-refractivity contribution is 5.41. The summed E-state index contributed by atoms with van der Waals surface area (Å²) in [4.78, 5) is 0. The Morgan fingerprint density at radius 2 is 2.14 bits per heavy atom. The molecule has 2 N–H and O–H groups in total. The van der Waals surface area contributed by atoms with Crippen LogP contribution in [0.15, 0.2) is 18.2 Å². The van der Waals surface area contributed by atoms with Gasteiger partial charge in [0.05, 0.1) is 5.69 Å². The number of nitrogen functional groups attached to an aromatic ring is 1. The van der Waals surface area contributed by atoms with Crippen molar-refractivity contribution in [2.75, 3.05) is 5.73 Å². The van der Waals surface area contributed by atoms with Crippen molar-refractivity contribution in [3.05, 3.63) is 29.6 Å². The molecule has 2 heteroatoms. The minimum Gasteiger partial charge on any atom is -0.396 e. The van der Waals surface area contributed by atoms with Gasteiger partial charge in [-0.2, -0.15) is 0 Å². The average Bonchev–Trinajstić information content (AvgIpc) is 2.95. The Labute approximate surface area is 84.1 Å². The van der Waals surface area contributed by atoms with E-state index >= 15 is 0 Å². The zero-order valence-corrected chi connectivity index (χ0v) is 8.30. The fraction of sp³-hybridized carbons (Fsp3) is 0.500. The SMILES string of the molecule is Nc1ccc(CCCC2CC2)cc1F. The second-order valence-corrected chi connectivity index (χ2v) is 4.19. The normalized spacial score (nSPS) is 15.8. The Morgan fingerprint density at radius 1 is 1.36 bits per heavy atom. The molecular weight excluding hydrogens is 177 g/mol. The van der Waals surface area contributed by atoms with E-state index in [1.165, 1.54) is 25.7 Å². The number of rotatable bonds is 4. The Balaban J connectivity index is 1.85. The van der Waals surface area contributed by atoms with Crippen LogP contribution in [0.25, 0.3) is 0 Å². The van der Waals surface area contributed by atoms with Crippen LogP contribution in [-0.4, -0.2) is 0 Å². The monoisotopic (exact) mass is 193 g/mol. The first kappa shape index (κ1) is 9.50. The molecule has 0 unspecified atom stereocenters. The van der Waals surface area contributed by atoms with Crippen LogP contribution in [0.5, 0.6) is 0 Å². The summed E-state index contributed by atoms with van der Waals surface area (Å²) in [5, 5.41) is 0. The molecule has 0 bridgehead atoms. The number of benzene rings is 1. The second kappa shape index (κ2) is 3.99. The van der Waals surface area contributed by atoms with Crippen molar-refractivity contribution >= 4 is 5.69 Å². The molecule has 1 aliphatic carbocycles. The summed E-state index contributed by atoms with van der Waals surface area (Å²) in [5.74, 6) is 0.683. The summed E-state index contributed by atoms with van der Waals surface area (Å²) in [5.41, 5.74) is 6.71. The van der Waals surface area contributed by atoms with E-state index < -0.39 is 0 Å². The zero-order valence-electron chi connectivity index (χ0n) is 8.30. The minimum atomic E-state index is -0.283. The highest BCUT2D eigenvalue weighted by Gasteiger charge is 2.20. The third kappa shape index (κ3) is 2.47. The fourth-order valence-electron chi connectivity index (χ4n) is 1.73. The van der Waals surface area contributed by atoms with Crippen molar-refractivity contribution in [3.63, 3.8) is 0 Å². The van der Waals surface area contributed by atoms with Crippen molar-refractivity contribution in [2.45, 2.75) is 32.1 Å². The number of aryl methyl sites for hydroxylation is 1. The topological polar surface area (TPSA) is 26.0 Å². The summed E-state index contributed by atoms with van der Waals surface area (Å²) < 4.78 is 13.1. The number of halogens is 1. The van der Waals surface area contributed by atoms with E-state index in [2.05, 4.69) is 0 Å². The molecule has 0 atom stereocenters. The maximum absolute atomic E-state index is 13.1. The molecule has 0 aliphatic heterocycles. The Hall–Kier alpha value is -1.05. The molecule has 14 heavy (non-hydrogen) atoms. The van der Waals surface area contributed by atoms with Crippen LogP contribution in [0.1, 0.15) is 31.2 Å². The molecule has 1 aromatic carbocycles. The predicted molar refractivity (Wildman–Crippen MR) is 56.5 cm³/mol. The molecular formula is C12H16FN. The Kier molecular flexibility index (Phi) is 2.71. The van der Waals surface area contributed by atoms with Gasteiger partial charge in [-0.1, -0.05) is 25.3 Å². The van der Waals surface area contributed by atoms with Gasteiger partial charge >= 0.3 is 0 Å². The Morgan fingerprint density at radius 3 is 2.79 bits per heavy atom. The van der Waals surface area contributed by atoms with E-state index in [9.17, 15) is 4.39 Å². The van der Waals surface area contributed by atoms with E-state index in [0.29, 0.717) is 0 Å². The number of hydrogen-bond donors (Lipinski definition) is 1. The summed E-state index contributed by atoms with van der Waals surface area (Å²) in [6.07, 6.45) is 6.25. The smallest absolute Gasteiger partial charge is 0.146 e. The first-order valence-electron chi connectivity index (χ1n) is 5.29. The van der Waals surface area contributed by atoms with Gasteiger partial charge in [0, 0.05) is 0 Å². The second-order valence-electron chi connectivity index (χ2n) is 4.19. The fourth-order valence-corrected chi connectivity index (χ4v) is 1.73. The molecule has 0 spiro atoms. The maximum Gasteiger partial charge on any atom is 0.146 e. The van der Waals surface area contributed by atoms with Crippen LogP contribution in [-0.2, 0) is 6.42 Å². The van der Waals surface area contributed by atoms with E-state index in [4.69, 9.17) is 5.73 Å². The summed E-state index contributed by atoms with van der Waals surface area (Å²) in [6, 6.07) is 5.13. The van der Waals surface area contributed by atoms with Gasteiger partial charge in [0.1, 0.15) is 5.82 Å². The van der Waals surface area contributed by atoms with Crippen LogP contribution < -0.4 is 5.73 Å². The zero-order chi connectivity index (χ0) is 9.97. The number of nitrogens with two attached hydrogens (primary N) is 1. The van der Waals surface area contributed by atoms with E-state index in [1.807, 2.05) is 6.07 Å². The van der Waals surface area contributed by atoms with E-state index in [1.54, 1.807) is 12.1 Å². The molecule has 0 saturated heterocycles. The molecule has 1 nitrogen and oxygen atoms in total. The maximum atomic E-state index is 13.1. The molecule has 0 heterocycles. The molecule has 1 fully saturated rings. The molecule has 76 valence electrons. The van der Waals surface area contributed by atoms with Crippen LogP contribution in [0.3, 0.4) is 0 Å². The van der Waals surface area contributed by atoms with Crippen LogP contribution in [0.4, 0.5) is 10.1 Å². The predicted octanol–water partition coefficient (Wildman–Crippen LogP) is 3.14. The first-order valence-corrected chi connectivity index (χ1v) is 5.29. The molecule has 1 saturated carbocycles. The highest BCUT2D eigenvalue weighted by Crippen LogP contribution is 2.33. The van der Waals surface area contributed by atoms with Gasteiger partial charge in [0.25, 0.3) is 0 Å². The van der Waals surface area contributed by atoms with Gasteiger partial charge in [0.15, 0.2) is 0 Å². The van der Waals surface area contributed by atoms with E-state index in [0.717, 1.165) is 17.9 Å². The lowest BCUT2D eigenvalue weighted by Crippen LogP contribution is -1.93. The van der Waals surface area contributed by atoms with Gasteiger partial charge in [0.2, 0.25) is 0 Å². The lowest BCUT2D eigenvalue weighted by atomic mass is 10.1. The summed E-state index contributed by atoms with van der Waals surface area (Å²) >= 11 is 0. The van der Waals surface area contributed by atoms with Crippen molar-refractivity contribution in [1.29, 1.82) is 0 Å². The third-order valence-electron chi connectivity index (χ3n) is 2.84. The summed E-state index contributed by atoms with van der Waals surface area (Å²) in [6.45, 7) is 0. The van der Waals surface area contributed by atoms with Gasteiger partial charge < -0.3 is 5.73 Å². The largest absolute Gasteiger partial charge is 0.396 e.